The fourth-order valence-corrected chi connectivity index (χ4v) is 4.70. The second-order valence-corrected chi connectivity index (χ2v) is 7.76. The summed E-state index contributed by atoms with van der Waals surface area (Å²) in [4.78, 5) is 0.0782. The zero-order valence-corrected chi connectivity index (χ0v) is 13.0. The zero-order chi connectivity index (χ0) is 14.6. The normalized spacial score (nSPS) is 23.2. The minimum atomic E-state index is -3.61. The maximum Gasteiger partial charge on any atom is 0.242 e. The van der Waals surface area contributed by atoms with E-state index in [4.69, 9.17) is 5.26 Å². The predicted molar refractivity (Wildman–Crippen MR) is 81.0 cm³/mol. The molecule has 0 saturated heterocycles. The molecule has 2 rings (SSSR count). The molecule has 1 aromatic carbocycles. The standard InChI is InChI=1S/C14H18N2O2S2/c1-19-13-8-6-12(7-9-13)16-20(17,18)14-5-3-2-4-11(14)10-15/h2-5,12-13,16H,6-9H2,1H3. The van der Waals surface area contributed by atoms with Crippen LogP contribution in [-0.2, 0) is 10.0 Å². The molecule has 6 heteroatoms. The van der Waals surface area contributed by atoms with Crippen LogP contribution < -0.4 is 4.72 Å². The van der Waals surface area contributed by atoms with Crippen LogP contribution in [0, 0.1) is 11.3 Å². The van der Waals surface area contributed by atoms with Crippen molar-refractivity contribution >= 4 is 21.8 Å². The summed E-state index contributed by atoms with van der Waals surface area (Å²) in [5.74, 6) is 0. The van der Waals surface area contributed by atoms with Gasteiger partial charge in [0.2, 0.25) is 10.0 Å². The Balaban J connectivity index is 2.11. The van der Waals surface area contributed by atoms with Gasteiger partial charge in [-0.05, 0) is 44.1 Å². The second kappa shape index (κ2) is 6.61. The van der Waals surface area contributed by atoms with Crippen molar-refractivity contribution in [2.24, 2.45) is 0 Å². The number of benzene rings is 1. The topological polar surface area (TPSA) is 70.0 Å². The Labute approximate surface area is 124 Å². The molecule has 0 amide bonds. The minimum Gasteiger partial charge on any atom is -0.208 e. The maximum atomic E-state index is 12.4. The Morgan fingerprint density at radius 1 is 1.25 bits per heavy atom. The molecule has 1 saturated carbocycles. The van der Waals surface area contributed by atoms with Gasteiger partial charge >= 0.3 is 0 Å². The number of nitrogens with zero attached hydrogens (tertiary/aromatic N) is 1. The molecule has 0 aliphatic heterocycles. The average molecular weight is 310 g/mol. The maximum absolute atomic E-state index is 12.4. The van der Waals surface area contributed by atoms with Gasteiger partial charge in [-0.2, -0.15) is 17.0 Å². The zero-order valence-electron chi connectivity index (χ0n) is 11.4. The van der Waals surface area contributed by atoms with Crippen LogP contribution in [0.1, 0.15) is 31.2 Å². The second-order valence-electron chi connectivity index (χ2n) is 4.94. The molecule has 4 nitrogen and oxygen atoms in total. The van der Waals surface area contributed by atoms with E-state index in [0.717, 1.165) is 25.7 Å². The Kier molecular flexibility index (Phi) is 5.08. The van der Waals surface area contributed by atoms with Crippen molar-refractivity contribution < 1.29 is 8.42 Å². The van der Waals surface area contributed by atoms with E-state index in [-0.39, 0.29) is 16.5 Å². The first-order valence-corrected chi connectivity index (χ1v) is 9.38. The van der Waals surface area contributed by atoms with E-state index in [1.165, 1.54) is 12.1 Å². The number of nitrogens with one attached hydrogen (secondary N) is 1. The number of hydrogen-bond acceptors (Lipinski definition) is 4. The third kappa shape index (κ3) is 3.54. The van der Waals surface area contributed by atoms with Crippen LogP contribution in [0.2, 0.25) is 0 Å². The Hall–Kier alpha value is -1.03. The lowest BCUT2D eigenvalue weighted by Crippen LogP contribution is -2.38. The first kappa shape index (κ1) is 15.4. The molecule has 0 radical (unpaired) electrons. The first-order chi connectivity index (χ1) is 9.56. The van der Waals surface area contributed by atoms with E-state index < -0.39 is 10.0 Å². The van der Waals surface area contributed by atoms with Crippen molar-refractivity contribution in [1.82, 2.24) is 4.72 Å². The summed E-state index contributed by atoms with van der Waals surface area (Å²) >= 11 is 1.85. The Morgan fingerprint density at radius 3 is 2.50 bits per heavy atom. The number of hydrogen-bond donors (Lipinski definition) is 1. The summed E-state index contributed by atoms with van der Waals surface area (Å²) in [7, 11) is -3.61. The van der Waals surface area contributed by atoms with Crippen molar-refractivity contribution in [2.45, 2.75) is 41.9 Å². The number of sulfonamides is 1. The molecule has 0 heterocycles. The minimum absolute atomic E-state index is 0.0184. The van der Waals surface area contributed by atoms with Crippen molar-refractivity contribution in [3.8, 4) is 6.07 Å². The van der Waals surface area contributed by atoms with Crippen molar-refractivity contribution in [3.05, 3.63) is 29.8 Å². The fraction of sp³-hybridized carbons (Fsp3) is 0.500. The molecule has 20 heavy (non-hydrogen) atoms. The molecule has 108 valence electrons. The van der Waals surface area contributed by atoms with E-state index in [1.807, 2.05) is 17.8 Å². The molecule has 1 aliphatic carbocycles. The summed E-state index contributed by atoms with van der Waals surface area (Å²) in [5.41, 5.74) is 0.192. The molecule has 0 spiro atoms. The lowest BCUT2D eigenvalue weighted by atomic mass is 9.96. The van der Waals surface area contributed by atoms with Gasteiger partial charge in [0.25, 0.3) is 0 Å². The highest BCUT2D eigenvalue weighted by Gasteiger charge is 2.26. The molecule has 1 aromatic rings. The van der Waals surface area contributed by atoms with Crippen LogP contribution in [0.15, 0.2) is 29.2 Å². The summed E-state index contributed by atoms with van der Waals surface area (Å²) < 4.78 is 27.5. The quantitative estimate of drug-likeness (QED) is 0.927. The van der Waals surface area contributed by atoms with Gasteiger partial charge in [0.05, 0.1) is 10.5 Å². The van der Waals surface area contributed by atoms with E-state index in [1.54, 1.807) is 12.1 Å². The van der Waals surface area contributed by atoms with Crippen LogP contribution in [0.5, 0.6) is 0 Å². The van der Waals surface area contributed by atoms with Gasteiger partial charge in [-0.15, -0.1) is 0 Å². The smallest absolute Gasteiger partial charge is 0.208 e. The summed E-state index contributed by atoms with van der Waals surface area (Å²) in [5, 5.41) is 9.65. The van der Waals surface area contributed by atoms with Crippen LogP contribution in [0.4, 0.5) is 0 Å². The molecule has 1 fully saturated rings. The van der Waals surface area contributed by atoms with Gasteiger partial charge in [0.1, 0.15) is 6.07 Å². The third-order valence-corrected chi connectivity index (χ3v) is 6.34. The number of thioether (sulfide) groups is 1. The van der Waals surface area contributed by atoms with E-state index in [0.29, 0.717) is 5.25 Å². The fourth-order valence-electron chi connectivity index (χ4n) is 2.49. The molecule has 0 bridgehead atoms. The lowest BCUT2D eigenvalue weighted by Gasteiger charge is -2.27. The van der Waals surface area contributed by atoms with Crippen molar-refractivity contribution in [1.29, 1.82) is 5.26 Å². The van der Waals surface area contributed by atoms with Gasteiger partial charge in [-0.1, -0.05) is 12.1 Å². The van der Waals surface area contributed by atoms with E-state index in [2.05, 4.69) is 11.0 Å². The van der Waals surface area contributed by atoms with Gasteiger partial charge < -0.3 is 0 Å². The molecule has 0 aromatic heterocycles. The van der Waals surface area contributed by atoms with Crippen LogP contribution >= 0.6 is 11.8 Å². The number of rotatable bonds is 4. The summed E-state index contributed by atoms with van der Waals surface area (Å²) in [6, 6.07) is 8.23. The number of nitriles is 1. The van der Waals surface area contributed by atoms with Crippen molar-refractivity contribution in [2.75, 3.05) is 6.26 Å². The van der Waals surface area contributed by atoms with Gasteiger partial charge in [-0.25, -0.2) is 13.1 Å². The molecule has 0 atom stereocenters. The monoisotopic (exact) mass is 310 g/mol. The summed E-state index contributed by atoms with van der Waals surface area (Å²) in [6.45, 7) is 0. The first-order valence-electron chi connectivity index (χ1n) is 6.61. The van der Waals surface area contributed by atoms with Crippen molar-refractivity contribution in [3.63, 3.8) is 0 Å². The SMILES string of the molecule is CSC1CCC(NS(=O)(=O)c2ccccc2C#N)CC1. The Bertz CT molecular complexity index is 600. The molecule has 1 N–H and O–H groups in total. The third-order valence-electron chi connectivity index (χ3n) is 3.63. The molecule has 0 unspecified atom stereocenters. The van der Waals surface area contributed by atoms with Gasteiger partial charge in [-0.3, -0.25) is 0 Å². The predicted octanol–water partition coefficient (Wildman–Crippen LogP) is 2.51. The van der Waals surface area contributed by atoms with Crippen LogP contribution in [0.3, 0.4) is 0 Å². The van der Waals surface area contributed by atoms with Gasteiger partial charge in [0, 0.05) is 11.3 Å². The molecular formula is C14H18N2O2S2. The van der Waals surface area contributed by atoms with Crippen LogP contribution in [0.25, 0.3) is 0 Å². The Morgan fingerprint density at radius 2 is 1.90 bits per heavy atom. The highest BCUT2D eigenvalue weighted by Crippen LogP contribution is 2.28. The highest BCUT2D eigenvalue weighted by atomic mass is 32.2. The highest BCUT2D eigenvalue weighted by molar-refractivity contribution is 7.99. The average Bonchev–Trinajstić information content (AvgIpc) is 2.47. The van der Waals surface area contributed by atoms with E-state index >= 15 is 0 Å². The molecular weight excluding hydrogens is 292 g/mol. The molecule has 1 aliphatic rings. The van der Waals surface area contributed by atoms with E-state index in [9.17, 15) is 8.42 Å². The largest absolute Gasteiger partial charge is 0.242 e. The van der Waals surface area contributed by atoms with Gasteiger partial charge in [0.15, 0.2) is 0 Å². The lowest BCUT2D eigenvalue weighted by molar-refractivity contribution is 0.420. The van der Waals surface area contributed by atoms with Crippen LogP contribution in [-0.4, -0.2) is 26.0 Å². The summed E-state index contributed by atoms with van der Waals surface area (Å²) in [6.07, 6.45) is 5.89.